The van der Waals surface area contributed by atoms with Crippen molar-refractivity contribution in [2.75, 3.05) is 62.8 Å². The number of ether oxygens (including phenoxy) is 2. The molecule has 6 nitrogen and oxygen atoms in total. The molecule has 33 heavy (non-hydrogen) atoms. The van der Waals surface area contributed by atoms with Gasteiger partial charge in [0.05, 0.1) is 32.5 Å². The molecule has 0 saturated carbocycles. The third-order valence-corrected chi connectivity index (χ3v) is 7.02. The Morgan fingerprint density at radius 2 is 1.70 bits per heavy atom. The van der Waals surface area contributed by atoms with Crippen LogP contribution in [0.15, 0.2) is 36.4 Å². The van der Waals surface area contributed by atoms with Gasteiger partial charge in [0.15, 0.2) is 0 Å². The molecule has 1 atom stereocenters. The van der Waals surface area contributed by atoms with E-state index in [-0.39, 0.29) is 23.2 Å². The van der Waals surface area contributed by atoms with Crippen LogP contribution in [0.2, 0.25) is 0 Å². The van der Waals surface area contributed by atoms with E-state index in [1.165, 1.54) is 0 Å². The standard InChI is InChI=1S/C26H32FN3O3/c1-26(2)17-24(19-13-20(27)16-21(14-19)29-5-9-32-10-6-29)28-23-4-3-18(15-22(23)26)25(31)30-7-11-33-12-8-30/h3-4,13-16,24,28H,5-12,17H2,1-2H3. The van der Waals surface area contributed by atoms with E-state index in [1.54, 1.807) is 12.1 Å². The molecule has 1 unspecified atom stereocenters. The SMILES string of the molecule is CC1(C)CC(c2cc(F)cc(N3CCOCC3)c2)Nc2ccc(C(=O)N3CCOCC3)cc21. The number of hydrogen-bond donors (Lipinski definition) is 1. The predicted octanol–water partition coefficient (Wildman–Crippen LogP) is 3.97. The molecule has 0 spiro atoms. The summed E-state index contributed by atoms with van der Waals surface area (Å²) in [7, 11) is 0. The van der Waals surface area contributed by atoms with Gasteiger partial charge < -0.3 is 24.6 Å². The van der Waals surface area contributed by atoms with E-state index >= 15 is 0 Å². The first-order valence-electron chi connectivity index (χ1n) is 11.8. The first-order chi connectivity index (χ1) is 15.9. The lowest BCUT2D eigenvalue weighted by Crippen LogP contribution is -2.41. The van der Waals surface area contributed by atoms with Gasteiger partial charge in [-0.15, -0.1) is 0 Å². The first-order valence-corrected chi connectivity index (χ1v) is 11.8. The fourth-order valence-electron chi connectivity index (χ4n) is 5.17. The van der Waals surface area contributed by atoms with Crippen LogP contribution in [-0.4, -0.2) is 63.4 Å². The van der Waals surface area contributed by atoms with Crippen LogP contribution in [0.3, 0.4) is 0 Å². The number of fused-ring (bicyclic) bond motifs is 1. The van der Waals surface area contributed by atoms with E-state index in [4.69, 9.17) is 9.47 Å². The average molecular weight is 454 g/mol. The van der Waals surface area contributed by atoms with Gasteiger partial charge in [-0.2, -0.15) is 0 Å². The van der Waals surface area contributed by atoms with Crippen molar-refractivity contribution in [1.82, 2.24) is 4.90 Å². The summed E-state index contributed by atoms with van der Waals surface area (Å²) in [5, 5.41) is 3.62. The minimum Gasteiger partial charge on any atom is -0.378 e. The van der Waals surface area contributed by atoms with Crippen molar-refractivity contribution in [3.05, 3.63) is 58.9 Å². The number of benzene rings is 2. The summed E-state index contributed by atoms with van der Waals surface area (Å²) < 4.78 is 25.4. The lowest BCUT2D eigenvalue weighted by atomic mass is 9.73. The molecule has 176 valence electrons. The molecule has 2 fully saturated rings. The summed E-state index contributed by atoms with van der Waals surface area (Å²) in [5.74, 6) is -0.162. The number of morpholine rings is 2. The molecule has 3 aliphatic heterocycles. The molecular formula is C26H32FN3O3. The normalized spacial score (nSPS) is 22.5. The summed E-state index contributed by atoms with van der Waals surface area (Å²) in [6, 6.07) is 11.3. The molecule has 5 rings (SSSR count). The molecule has 1 N–H and O–H groups in total. The molecule has 3 aliphatic rings. The number of nitrogens with zero attached hydrogens (tertiary/aromatic N) is 2. The molecular weight excluding hydrogens is 421 g/mol. The molecule has 7 heteroatoms. The first kappa shape index (κ1) is 22.2. The molecule has 0 aromatic heterocycles. The van der Waals surface area contributed by atoms with Crippen molar-refractivity contribution < 1.29 is 18.7 Å². The van der Waals surface area contributed by atoms with Crippen molar-refractivity contribution in [2.24, 2.45) is 0 Å². The van der Waals surface area contributed by atoms with E-state index in [9.17, 15) is 9.18 Å². The molecule has 0 aliphatic carbocycles. The zero-order valence-electron chi connectivity index (χ0n) is 19.4. The van der Waals surface area contributed by atoms with Crippen molar-refractivity contribution >= 4 is 17.3 Å². The highest BCUT2D eigenvalue weighted by Crippen LogP contribution is 2.45. The van der Waals surface area contributed by atoms with Crippen LogP contribution in [-0.2, 0) is 14.9 Å². The van der Waals surface area contributed by atoms with Crippen LogP contribution in [0, 0.1) is 5.82 Å². The predicted molar refractivity (Wildman–Crippen MR) is 127 cm³/mol. The summed E-state index contributed by atoms with van der Waals surface area (Å²) in [6.07, 6.45) is 0.807. The average Bonchev–Trinajstić information content (AvgIpc) is 2.84. The second kappa shape index (κ2) is 8.95. The van der Waals surface area contributed by atoms with Gasteiger partial charge in [-0.05, 0) is 59.4 Å². The lowest BCUT2D eigenvalue weighted by Gasteiger charge is -2.40. The van der Waals surface area contributed by atoms with E-state index in [0.717, 1.165) is 42.0 Å². The topological polar surface area (TPSA) is 54.0 Å². The Morgan fingerprint density at radius 3 is 2.42 bits per heavy atom. The summed E-state index contributed by atoms with van der Waals surface area (Å²) >= 11 is 0. The van der Waals surface area contributed by atoms with Crippen LogP contribution in [0.1, 0.15) is 47.8 Å². The van der Waals surface area contributed by atoms with Crippen LogP contribution < -0.4 is 10.2 Å². The maximum Gasteiger partial charge on any atom is 0.254 e. The number of anilines is 2. The zero-order chi connectivity index (χ0) is 23.0. The van der Waals surface area contributed by atoms with Gasteiger partial charge in [-0.3, -0.25) is 4.79 Å². The van der Waals surface area contributed by atoms with E-state index in [1.807, 2.05) is 23.1 Å². The van der Waals surface area contributed by atoms with Gasteiger partial charge in [0, 0.05) is 43.1 Å². The highest BCUT2D eigenvalue weighted by Gasteiger charge is 2.35. The Balaban J connectivity index is 1.41. The number of hydrogen-bond acceptors (Lipinski definition) is 5. The maximum atomic E-state index is 14.6. The van der Waals surface area contributed by atoms with Gasteiger partial charge >= 0.3 is 0 Å². The van der Waals surface area contributed by atoms with Gasteiger partial charge in [-0.25, -0.2) is 4.39 Å². The molecule has 2 aromatic carbocycles. The number of rotatable bonds is 3. The summed E-state index contributed by atoms with van der Waals surface area (Å²) in [4.78, 5) is 17.0. The molecule has 0 radical (unpaired) electrons. The second-order valence-electron chi connectivity index (χ2n) is 9.79. The molecule has 1 amide bonds. The van der Waals surface area contributed by atoms with Crippen molar-refractivity contribution in [3.8, 4) is 0 Å². The Bertz CT molecular complexity index is 1030. The quantitative estimate of drug-likeness (QED) is 0.762. The molecule has 2 saturated heterocycles. The Labute approximate surface area is 194 Å². The van der Waals surface area contributed by atoms with Crippen molar-refractivity contribution in [3.63, 3.8) is 0 Å². The van der Waals surface area contributed by atoms with Gasteiger partial charge in [0.25, 0.3) is 5.91 Å². The van der Waals surface area contributed by atoms with Gasteiger partial charge in [0.1, 0.15) is 5.82 Å². The maximum absolute atomic E-state index is 14.6. The van der Waals surface area contributed by atoms with Crippen molar-refractivity contribution in [1.29, 1.82) is 0 Å². The highest BCUT2D eigenvalue weighted by atomic mass is 19.1. The van der Waals surface area contributed by atoms with Gasteiger partial charge in [-0.1, -0.05) is 13.8 Å². The number of halogens is 1. The van der Waals surface area contributed by atoms with E-state index in [0.29, 0.717) is 45.1 Å². The lowest BCUT2D eigenvalue weighted by molar-refractivity contribution is 0.0303. The summed E-state index contributed by atoms with van der Waals surface area (Å²) in [6.45, 7) is 9.71. The fourth-order valence-corrected chi connectivity index (χ4v) is 5.17. The smallest absolute Gasteiger partial charge is 0.254 e. The third kappa shape index (κ3) is 4.57. The van der Waals surface area contributed by atoms with Crippen LogP contribution >= 0.6 is 0 Å². The monoisotopic (exact) mass is 453 g/mol. The zero-order valence-corrected chi connectivity index (χ0v) is 19.4. The number of carbonyl (C=O) groups is 1. The van der Waals surface area contributed by atoms with E-state index in [2.05, 4.69) is 30.1 Å². The van der Waals surface area contributed by atoms with Crippen LogP contribution in [0.5, 0.6) is 0 Å². The van der Waals surface area contributed by atoms with Crippen molar-refractivity contribution in [2.45, 2.75) is 31.7 Å². The van der Waals surface area contributed by atoms with Crippen LogP contribution in [0.4, 0.5) is 15.8 Å². The molecule has 3 heterocycles. The third-order valence-electron chi connectivity index (χ3n) is 7.02. The summed E-state index contributed by atoms with van der Waals surface area (Å²) in [5.41, 5.74) is 4.53. The minimum atomic E-state index is -0.217. The number of nitrogens with one attached hydrogen (secondary N) is 1. The minimum absolute atomic E-state index is 0.0104. The van der Waals surface area contributed by atoms with Crippen LogP contribution in [0.25, 0.3) is 0 Å². The number of amides is 1. The molecule has 2 aromatic rings. The fraction of sp³-hybridized carbons (Fsp3) is 0.500. The Kier molecular flexibility index (Phi) is 6.01. The van der Waals surface area contributed by atoms with E-state index < -0.39 is 0 Å². The van der Waals surface area contributed by atoms with Gasteiger partial charge in [0.2, 0.25) is 0 Å². The second-order valence-corrected chi connectivity index (χ2v) is 9.79. The Morgan fingerprint density at radius 1 is 1.00 bits per heavy atom. The number of carbonyl (C=O) groups excluding carboxylic acids is 1. The Hall–Kier alpha value is -2.64. The largest absolute Gasteiger partial charge is 0.378 e. The highest BCUT2D eigenvalue weighted by molar-refractivity contribution is 5.95. The molecule has 0 bridgehead atoms.